The lowest BCUT2D eigenvalue weighted by molar-refractivity contribution is -0.167. The molecule has 1 unspecified atom stereocenters. The first-order valence-corrected chi connectivity index (χ1v) is 27.6. The van der Waals surface area contributed by atoms with Gasteiger partial charge in [-0.25, -0.2) is 0 Å². The molecule has 0 aromatic carbocycles. The van der Waals surface area contributed by atoms with Gasteiger partial charge in [0.2, 0.25) is 0 Å². The van der Waals surface area contributed by atoms with Gasteiger partial charge in [-0.1, -0.05) is 228 Å². The summed E-state index contributed by atoms with van der Waals surface area (Å²) in [4.78, 5) is 38.1. The highest BCUT2D eigenvalue weighted by molar-refractivity contribution is 5.71. The molecule has 0 saturated heterocycles. The Morgan fingerprint density at radius 1 is 0.318 bits per heavy atom. The van der Waals surface area contributed by atoms with Crippen molar-refractivity contribution in [2.75, 3.05) is 13.2 Å². The summed E-state index contributed by atoms with van der Waals surface area (Å²) in [5.74, 6) is -0.928. The first kappa shape index (κ1) is 62.6. The first-order valence-electron chi connectivity index (χ1n) is 27.6. The van der Waals surface area contributed by atoms with Gasteiger partial charge in [-0.15, -0.1) is 0 Å². The maximum atomic E-state index is 12.8. The van der Waals surface area contributed by atoms with Gasteiger partial charge in [0.15, 0.2) is 6.10 Å². The van der Waals surface area contributed by atoms with Crippen LogP contribution in [-0.4, -0.2) is 37.2 Å². The van der Waals surface area contributed by atoms with Gasteiger partial charge in [0.05, 0.1) is 0 Å². The Morgan fingerprint density at radius 3 is 0.955 bits per heavy atom. The van der Waals surface area contributed by atoms with Crippen LogP contribution in [0.15, 0.2) is 85.1 Å². The molecule has 0 aliphatic heterocycles. The molecule has 0 aliphatic rings. The summed E-state index contributed by atoms with van der Waals surface area (Å²) in [6, 6.07) is 0. The van der Waals surface area contributed by atoms with Gasteiger partial charge in [0.1, 0.15) is 13.2 Å². The van der Waals surface area contributed by atoms with Crippen molar-refractivity contribution in [3.8, 4) is 0 Å². The zero-order chi connectivity index (χ0) is 47.9. The second-order valence-electron chi connectivity index (χ2n) is 18.1. The summed E-state index contributed by atoms with van der Waals surface area (Å²) in [5, 5.41) is 0. The maximum Gasteiger partial charge on any atom is 0.306 e. The SMILES string of the molecule is CC/C=C\C/C=C\C/C=C\C/C=C\C/C=C\CCCCCC(=O)OCC(COC(=O)CCCCCCCCCCCCC)OC(=O)CCCCCCCCC/C=C\C/C=C\CCCCCC. The van der Waals surface area contributed by atoms with Crippen molar-refractivity contribution in [1.29, 1.82) is 0 Å². The van der Waals surface area contributed by atoms with Crippen LogP contribution in [0.2, 0.25) is 0 Å². The summed E-state index contributed by atoms with van der Waals surface area (Å²) in [7, 11) is 0. The van der Waals surface area contributed by atoms with Crippen LogP contribution in [0.1, 0.15) is 258 Å². The minimum Gasteiger partial charge on any atom is -0.462 e. The fourth-order valence-corrected chi connectivity index (χ4v) is 7.50. The summed E-state index contributed by atoms with van der Waals surface area (Å²) in [6.07, 6.45) is 69.9. The predicted octanol–water partition coefficient (Wildman–Crippen LogP) is 18.4. The van der Waals surface area contributed by atoms with Crippen LogP contribution >= 0.6 is 0 Å². The van der Waals surface area contributed by atoms with Crippen LogP contribution < -0.4 is 0 Å². The van der Waals surface area contributed by atoms with E-state index < -0.39 is 6.10 Å². The van der Waals surface area contributed by atoms with Crippen molar-refractivity contribution in [2.24, 2.45) is 0 Å². The number of hydrogen-bond donors (Lipinski definition) is 0. The second-order valence-corrected chi connectivity index (χ2v) is 18.1. The molecule has 378 valence electrons. The van der Waals surface area contributed by atoms with Crippen LogP contribution in [0.5, 0.6) is 0 Å². The van der Waals surface area contributed by atoms with Crippen LogP contribution in [-0.2, 0) is 28.6 Å². The quantitative estimate of drug-likeness (QED) is 0.0262. The summed E-state index contributed by atoms with van der Waals surface area (Å²) >= 11 is 0. The predicted molar refractivity (Wildman–Crippen MR) is 284 cm³/mol. The number of ether oxygens (including phenoxy) is 3. The molecule has 0 saturated carbocycles. The van der Waals surface area contributed by atoms with Gasteiger partial charge in [0.25, 0.3) is 0 Å². The third-order valence-corrected chi connectivity index (χ3v) is 11.6. The number of carbonyl (C=O) groups is 3. The van der Waals surface area contributed by atoms with Gasteiger partial charge in [-0.2, -0.15) is 0 Å². The number of hydrogen-bond acceptors (Lipinski definition) is 6. The number of carbonyl (C=O) groups excluding carboxylic acids is 3. The van der Waals surface area contributed by atoms with Crippen LogP contribution in [0.3, 0.4) is 0 Å². The highest BCUT2D eigenvalue weighted by Gasteiger charge is 2.19. The number of allylic oxidation sites excluding steroid dienone is 14. The molecule has 0 aromatic rings. The molecule has 0 rings (SSSR count). The Labute approximate surface area is 407 Å². The molecule has 0 N–H and O–H groups in total. The molecule has 66 heavy (non-hydrogen) atoms. The molecule has 1 atom stereocenters. The van der Waals surface area contributed by atoms with Crippen molar-refractivity contribution in [1.82, 2.24) is 0 Å². The van der Waals surface area contributed by atoms with E-state index >= 15 is 0 Å². The first-order chi connectivity index (χ1) is 32.5. The second kappa shape index (κ2) is 54.2. The van der Waals surface area contributed by atoms with Crippen LogP contribution in [0, 0.1) is 0 Å². The van der Waals surface area contributed by atoms with Gasteiger partial charge in [-0.3, -0.25) is 14.4 Å². The molecule has 0 heterocycles. The Morgan fingerprint density at radius 2 is 0.591 bits per heavy atom. The lowest BCUT2D eigenvalue weighted by atomic mass is 10.1. The largest absolute Gasteiger partial charge is 0.462 e. The van der Waals surface area contributed by atoms with E-state index in [1.165, 1.54) is 109 Å². The van der Waals surface area contributed by atoms with Crippen LogP contribution in [0.25, 0.3) is 0 Å². The molecular weight excluding hydrogens is 817 g/mol. The molecule has 0 bridgehead atoms. The summed E-state index contributed by atoms with van der Waals surface area (Å²) in [5.41, 5.74) is 0. The number of rotatable bonds is 49. The van der Waals surface area contributed by atoms with Crippen molar-refractivity contribution >= 4 is 17.9 Å². The average Bonchev–Trinajstić information content (AvgIpc) is 3.31. The van der Waals surface area contributed by atoms with Crippen molar-refractivity contribution < 1.29 is 28.6 Å². The van der Waals surface area contributed by atoms with E-state index in [1.807, 2.05) is 0 Å². The molecule has 0 amide bonds. The molecule has 6 heteroatoms. The smallest absolute Gasteiger partial charge is 0.306 e. The average molecular weight is 919 g/mol. The van der Waals surface area contributed by atoms with E-state index in [9.17, 15) is 14.4 Å². The van der Waals surface area contributed by atoms with Crippen molar-refractivity contribution in [3.05, 3.63) is 85.1 Å². The van der Waals surface area contributed by atoms with E-state index in [-0.39, 0.29) is 31.1 Å². The van der Waals surface area contributed by atoms with E-state index in [0.29, 0.717) is 19.3 Å². The van der Waals surface area contributed by atoms with Gasteiger partial charge < -0.3 is 14.2 Å². The highest BCUT2D eigenvalue weighted by atomic mass is 16.6. The molecule has 0 fully saturated rings. The molecule has 0 aromatic heterocycles. The fourth-order valence-electron chi connectivity index (χ4n) is 7.50. The van der Waals surface area contributed by atoms with Crippen molar-refractivity contribution in [2.45, 2.75) is 264 Å². The molecule has 0 aliphatic carbocycles. The molecule has 0 spiro atoms. The van der Waals surface area contributed by atoms with Crippen molar-refractivity contribution in [3.63, 3.8) is 0 Å². The third-order valence-electron chi connectivity index (χ3n) is 11.6. The Hall–Kier alpha value is -3.41. The Bertz CT molecular complexity index is 1290. The summed E-state index contributed by atoms with van der Waals surface area (Å²) in [6.45, 7) is 6.47. The normalized spacial score (nSPS) is 12.7. The molecule has 6 nitrogen and oxygen atoms in total. The zero-order valence-corrected chi connectivity index (χ0v) is 43.2. The molecular formula is C60H102O6. The number of unbranched alkanes of at least 4 members (excludes halogenated alkanes) is 24. The molecule has 0 radical (unpaired) electrons. The van der Waals surface area contributed by atoms with E-state index in [1.54, 1.807) is 0 Å². The highest BCUT2D eigenvalue weighted by Crippen LogP contribution is 2.15. The Balaban J connectivity index is 4.43. The van der Waals surface area contributed by atoms with Gasteiger partial charge in [-0.05, 0) is 96.3 Å². The lowest BCUT2D eigenvalue weighted by Gasteiger charge is -2.18. The third kappa shape index (κ3) is 51.6. The zero-order valence-electron chi connectivity index (χ0n) is 43.2. The monoisotopic (exact) mass is 919 g/mol. The fraction of sp³-hybridized carbons (Fsp3) is 0.717. The van der Waals surface area contributed by atoms with Crippen LogP contribution in [0.4, 0.5) is 0 Å². The van der Waals surface area contributed by atoms with E-state index in [4.69, 9.17) is 14.2 Å². The minimum atomic E-state index is -0.793. The number of esters is 3. The lowest BCUT2D eigenvalue weighted by Crippen LogP contribution is -2.30. The van der Waals surface area contributed by atoms with E-state index in [2.05, 4.69) is 106 Å². The summed E-state index contributed by atoms with van der Waals surface area (Å²) < 4.78 is 16.8. The minimum absolute atomic E-state index is 0.0891. The Kier molecular flexibility index (Phi) is 51.4. The van der Waals surface area contributed by atoms with Gasteiger partial charge in [0, 0.05) is 19.3 Å². The maximum absolute atomic E-state index is 12.8. The topological polar surface area (TPSA) is 78.9 Å². The van der Waals surface area contributed by atoms with E-state index in [0.717, 1.165) is 109 Å². The standard InChI is InChI=1S/C60H102O6/c1-4-7-10-13-16-19-22-24-26-28-30-32-33-35-38-41-44-47-50-53-59(62)65-56-57(55-64-58(61)52-49-46-43-40-37-21-18-15-12-9-6-3)66-60(63)54-51-48-45-42-39-36-34-31-29-27-25-23-20-17-14-11-8-5-2/h7,10,16,19-20,23-24,26-27,29-30,32,35,38,57H,4-6,8-9,11-15,17-18,21-22,25,28,31,33-34,36-37,39-56H2,1-3H3/b10-7-,19-16-,23-20-,26-24-,29-27-,32-30-,38-35-. The van der Waals surface area contributed by atoms with Gasteiger partial charge >= 0.3 is 17.9 Å².